The number of pyridine rings is 1. The first-order valence-corrected chi connectivity index (χ1v) is 11.3. The van der Waals surface area contributed by atoms with Gasteiger partial charge in [0.1, 0.15) is 18.2 Å². The lowest BCUT2D eigenvalue weighted by Gasteiger charge is -2.23. The Bertz CT molecular complexity index is 1220. The lowest BCUT2D eigenvalue weighted by molar-refractivity contribution is 0.0985. The van der Waals surface area contributed by atoms with Gasteiger partial charge in [0.25, 0.3) is 5.91 Å². The van der Waals surface area contributed by atoms with Crippen molar-refractivity contribution in [2.24, 2.45) is 0 Å². The summed E-state index contributed by atoms with van der Waals surface area (Å²) in [5.74, 6) is -0.194. The number of aromatic nitrogens is 5. The molecule has 180 valence electrons. The van der Waals surface area contributed by atoms with Crippen LogP contribution in [0, 0.1) is 5.82 Å². The number of tetrazole rings is 1. The highest BCUT2D eigenvalue weighted by molar-refractivity contribution is 6.31. The molecule has 0 atom stereocenters. The molecular formula is C24H23ClFN7O2. The molecule has 0 saturated heterocycles. The Balaban J connectivity index is 1.44. The van der Waals surface area contributed by atoms with Crippen molar-refractivity contribution in [1.29, 1.82) is 0 Å². The van der Waals surface area contributed by atoms with E-state index in [1.807, 2.05) is 12.1 Å². The van der Waals surface area contributed by atoms with Gasteiger partial charge in [0.15, 0.2) is 6.33 Å². The van der Waals surface area contributed by atoms with E-state index in [9.17, 15) is 9.18 Å². The molecule has 4 aromatic rings. The Morgan fingerprint density at radius 3 is 2.66 bits per heavy atom. The van der Waals surface area contributed by atoms with Gasteiger partial charge in [0.2, 0.25) is 0 Å². The Morgan fingerprint density at radius 2 is 1.91 bits per heavy atom. The number of rotatable bonds is 11. The van der Waals surface area contributed by atoms with Crippen LogP contribution in [0.5, 0.6) is 5.75 Å². The summed E-state index contributed by atoms with van der Waals surface area (Å²) in [5, 5.41) is 15.1. The molecule has 2 aromatic carbocycles. The Kier molecular flexibility index (Phi) is 8.18. The van der Waals surface area contributed by atoms with Crippen LogP contribution in [-0.4, -0.2) is 50.8 Å². The number of anilines is 2. The fourth-order valence-corrected chi connectivity index (χ4v) is 3.61. The minimum Gasteiger partial charge on any atom is -0.492 e. The standard InChI is InChI=1S/C24H23ClFN7O2/c25-19-14-18(15-23(16-19)35-13-10-28-21-6-8-27-9-7-21)24(34)32(22-4-2-20(26)3-5-22)11-1-12-33-30-17-29-31-33/h2-9,14-17H,1,10-13H2,(H,27,28). The molecule has 0 saturated carbocycles. The van der Waals surface area contributed by atoms with Crippen LogP contribution in [0.2, 0.25) is 5.02 Å². The molecule has 0 aliphatic heterocycles. The third-order valence-corrected chi connectivity index (χ3v) is 5.23. The van der Waals surface area contributed by atoms with E-state index in [0.29, 0.717) is 54.7 Å². The van der Waals surface area contributed by atoms with Crippen LogP contribution in [-0.2, 0) is 6.54 Å². The van der Waals surface area contributed by atoms with Gasteiger partial charge in [0, 0.05) is 47.4 Å². The van der Waals surface area contributed by atoms with Crippen LogP contribution in [0.1, 0.15) is 16.8 Å². The molecule has 0 bridgehead atoms. The van der Waals surface area contributed by atoms with E-state index >= 15 is 0 Å². The molecule has 4 rings (SSSR count). The van der Waals surface area contributed by atoms with Crippen LogP contribution in [0.4, 0.5) is 15.8 Å². The molecule has 0 unspecified atom stereocenters. The van der Waals surface area contributed by atoms with Crippen molar-refractivity contribution in [2.45, 2.75) is 13.0 Å². The molecule has 11 heteroatoms. The molecule has 9 nitrogen and oxygen atoms in total. The number of nitrogens with zero attached hydrogens (tertiary/aromatic N) is 6. The average Bonchev–Trinajstić information content (AvgIpc) is 3.39. The second-order valence-electron chi connectivity index (χ2n) is 7.51. The summed E-state index contributed by atoms with van der Waals surface area (Å²) in [7, 11) is 0. The monoisotopic (exact) mass is 495 g/mol. The number of hydrogen-bond acceptors (Lipinski definition) is 7. The van der Waals surface area contributed by atoms with E-state index in [4.69, 9.17) is 16.3 Å². The van der Waals surface area contributed by atoms with E-state index in [1.165, 1.54) is 23.3 Å². The van der Waals surface area contributed by atoms with E-state index < -0.39 is 0 Å². The van der Waals surface area contributed by atoms with Gasteiger partial charge in [-0.05, 0) is 66.2 Å². The molecule has 0 spiro atoms. The Hall–Kier alpha value is -4.05. The van der Waals surface area contributed by atoms with Crippen molar-refractivity contribution in [2.75, 3.05) is 29.9 Å². The first-order valence-electron chi connectivity index (χ1n) is 10.9. The third kappa shape index (κ3) is 6.97. The predicted octanol–water partition coefficient (Wildman–Crippen LogP) is 4.09. The Labute approximate surface area is 206 Å². The number of ether oxygens (including phenoxy) is 1. The zero-order chi connectivity index (χ0) is 24.5. The van der Waals surface area contributed by atoms with Crippen LogP contribution in [0.15, 0.2) is 73.3 Å². The number of carbonyl (C=O) groups is 1. The van der Waals surface area contributed by atoms with Crippen LogP contribution < -0.4 is 15.0 Å². The number of aryl methyl sites for hydroxylation is 1. The Morgan fingerprint density at radius 1 is 1.11 bits per heavy atom. The van der Waals surface area contributed by atoms with E-state index in [-0.39, 0.29) is 11.7 Å². The minimum atomic E-state index is -0.383. The SMILES string of the molecule is O=C(c1cc(Cl)cc(OCCNc2ccncc2)c1)N(CCCn1ncnn1)c1ccc(F)cc1. The number of hydrogen-bond donors (Lipinski definition) is 1. The second kappa shape index (κ2) is 11.9. The first-order chi connectivity index (χ1) is 17.1. The number of carbonyl (C=O) groups excluding carboxylic acids is 1. The highest BCUT2D eigenvalue weighted by Gasteiger charge is 2.19. The summed E-state index contributed by atoms with van der Waals surface area (Å²) in [5.41, 5.74) is 1.85. The van der Waals surface area contributed by atoms with Gasteiger partial charge >= 0.3 is 0 Å². The minimum absolute atomic E-state index is 0.287. The molecule has 35 heavy (non-hydrogen) atoms. The number of nitrogens with one attached hydrogen (secondary N) is 1. The van der Waals surface area contributed by atoms with Gasteiger partial charge in [-0.25, -0.2) is 4.39 Å². The fourth-order valence-electron chi connectivity index (χ4n) is 3.39. The molecule has 1 N–H and O–H groups in total. The molecular weight excluding hydrogens is 473 g/mol. The average molecular weight is 496 g/mol. The van der Waals surface area contributed by atoms with Crippen LogP contribution in [0.25, 0.3) is 0 Å². The van der Waals surface area contributed by atoms with E-state index in [0.717, 1.165) is 5.69 Å². The fraction of sp³-hybridized carbons (Fsp3) is 0.208. The predicted molar refractivity (Wildman–Crippen MR) is 130 cm³/mol. The zero-order valence-electron chi connectivity index (χ0n) is 18.7. The molecule has 0 aliphatic rings. The van der Waals surface area contributed by atoms with Crippen molar-refractivity contribution < 1.29 is 13.9 Å². The highest BCUT2D eigenvalue weighted by atomic mass is 35.5. The lowest BCUT2D eigenvalue weighted by atomic mass is 10.1. The first kappa shape index (κ1) is 24.1. The van der Waals surface area contributed by atoms with Crippen LogP contribution >= 0.6 is 11.6 Å². The topological polar surface area (TPSA) is 98.1 Å². The quantitative estimate of drug-likeness (QED) is 0.313. The number of amides is 1. The van der Waals surface area contributed by atoms with Gasteiger partial charge in [0.05, 0.1) is 6.54 Å². The van der Waals surface area contributed by atoms with Crippen LogP contribution in [0.3, 0.4) is 0 Å². The third-order valence-electron chi connectivity index (χ3n) is 5.01. The second-order valence-corrected chi connectivity index (χ2v) is 7.94. The van der Waals surface area contributed by atoms with Gasteiger partial charge in [-0.2, -0.15) is 4.80 Å². The van der Waals surface area contributed by atoms with Crippen molar-refractivity contribution in [3.63, 3.8) is 0 Å². The summed E-state index contributed by atoms with van der Waals surface area (Å²) < 4.78 is 19.3. The molecule has 0 fully saturated rings. The summed E-state index contributed by atoms with van der Waals surface area (Å²) in [4.78, 5) is 20.5. The number of halogens is 2. The van der Waals surface area contributed by atoms with Gasteiger partial charge in [-0.1, -0.05) is 11.6 Å². The van der Waals surface area contributed by atoms with Gasteiger partial charge < -0.3 is 15.0 Å². The normalized spacial score (nSPS) is 10.7. The lowest BCUT2D eigenvalue weighted by Crippen LogP contribution is -2.32. The summed E-state index contributed by atoms with van der Waals surface area (Å²) in [6, 6.07) is 14.4. The van der Waals surface area contributed by atoms with Crippen molar-refractivity contribution in [3.05, 3.63) is 89.7 Å². The van der Waals surface area contributed by atoms with E-state index in [2.05, 4.69) is 25.7 Å². The van der Waals surface area contributed by atoms with Gasteiger partial charge in [-0.15, -0.1) is 10.2 Å². The number of benzene rings is 2. The smallest absolute Gasteiger partial charge is 0.258 e. The van der Waals surface area contributed by atoms with Crippen molar-refractivity contribution >= 4 is 28.9 Å². The maximum atomic E-state index is 13.5. The summed E-state index contributed by atoms with van der Waals surface area (Å²) >= 11 is 6.30. The molecule has 0 aliphatic carbocycles. The maximum Gasteiger partial charge on any atom is 0.258 e. The van der Waals surface area contributed by atoms with Crippen molar-refractivity contribution in [1.82, 2.24) is 25.2 Å². The summed E-state index contributed by atoms with van der Waals surface area (Å²) in [6.07, 6.45) is 5.31. The zero-order valence-corrected chi connectivity index (χ0v) is 19.5. The maximum absolute atomic E-state index is 13.5. The van der Waals surface area contributed by atoms with E-state index in [1.54, 1.807) is 47.6 Å². The van der Waals surface area contributed by atoms with Gasteiger partial charge in [-0.3, -0.25) is 9.78 Å². The largest absolute Gasteiger partial charge is 0.492 e. The molecule has 0 radical (unpaired) electrons. The molecule has 1 amide bonds. The summed E-state index contributed by atoms with van der Waals surface area (Å²) in [6.45, 7) is 1.74. The molecule has 2 heterocycles. The molecule has 2 aromatic heterocycles. The highest BCUT2D eigenvalue weighted by Crippen LogP contribution is 2.25. The van der Waals surface area contributed by atoms with Crippen molar-refractivity contribution in [3.8, 4) is 5.75 Å².